The zero-order valence-electron chi connectivity index (χ0n) is 13.8. The fourth-order valence-corrected chi connectivity index (χ4v) is 2.01. The van der Waals surface area contributed by atoms with Crippen LogP contribution in [0.3, 0.4) is 0 Å². The molecule has 0 aliphatic rings. The maximum Gasteiger partial charge on any atom is 0.337 e. The van der Waals surface area contributed by atoms with Crippen molar-refractivity contribution in [3.05, 3.63) is 23.8 Å². The lowest BCUT2D eigenvalue weighted by Gasteiger charge is -2.16. The summed E-state index contributed by atoms with van der Waals surface area (Å²) in [4.78, 5) is 11.5. The SMILES string of the molecule is CC[C@@H](CO)[NH2+]C[C@@H](O)COc1ccc(C(=O)OC)cc1OC. The first-order valence-electron chi connectivity index (χ1n) is 7.57. The van der Waals surface area contributed by atoms with E-state index in [1.807, 2.05) is 12.2 Å². The van der Waals surface area contributed by atoms with Crippen LogP contribution in [0.25, 0.3) is 0 Å². The van der Waals surface area contributed by atoms with Crippen molar-refractivity contribution in [2.45, 2.75) is 25.5 Å². The van der Waals surface area contributed by atoms with Crippen LogP contribution in [0.2, 0.25) is 0 Å². The number of esters is 1. The molecule has 1 aromatic carbocycles. The van der Waals surface area contributed by atoms with E-state index in [1.165, 1.54) is 20.3 Å². The molecule has 4 N–H and O–H groups in total. The van der Waals surface area contributed by atoms with E-state index in [1.54, 1.807) is 12.1 Å². The first-order valence-corrected chi connectivity index (χ1v) is 7.57. The van der Waals surface area contributed by atoms with Crippen molar-refractivity contribution >= 4 is 5.97 Å². The van der Waals surface area contributed by atoms with E-state index >= 15 is 0 Å². The van der Waals surface area contributed by atoms with Crippen molar-refractivity contribution in [2.24, 2.45) is 0 Å². The summed E-state index contributed by atoms with van der Waals surface area (Å²) in [7, 11) is 2.78. The fourth-order valence-electron chi connectivity index (χ4n) is 2.01. The van der Waals surface area contributed by atoms with E-state index in [9.17, 15) is 9.90 Å². The second-order valence-electron chi connectivity index (χ2n) is 5.14. The first-order chi connectivity index (χ1) is 11.0. The molecule has 7 nitrogen and oxygen atoms in total. The summed E-state index contributed by atoms with van der Waals surface area (Å²) in [5.41, 5.74) is 0.360. The third kappa shape index (κ3) is 6.05. The van der Waals surface area contributed by atoms with Crippen molar-refractivity contribution in [3.8, 4) is 11.5 Å². The number of rotatable bonds is 10. The second kappa shape index (κ2) is 10.0. The summed E-state index contributed by atoms with van der Waals surface area (Å²) in [6, 6.07) is 4.78. The normalized spacial score (nSPS) is 13.3. The van der Waals surface area contributed by atoms with Crippen LogP contribution in [0.1, 0.15) is 23.7 Å². The number of benzene rings is 1. The number of hydrogen-bond acceptors (Lipinski definition) is 6. The molecule has 7 heteroatoms. The summed E-state index contributed by atoms with van der Waals surface area (Å²) in [6.45, 7) is 2.58. The lowest BCUT2D eigenvalue weighted by Crippen LogP contribution is -2.92. The minimum atomic E-state index is -0.680. The highest BCUT2D eigenvalue weighted by molar-refractivity contribution is 5.90. The van der Waals surface area contributed by atoms with Gasteiger partial charge in [-0.05, 0) is 24.6 Å². The van der Waals surface area contributed by atoms with Gasteiger partial charge in [0.1, 0.15) is 25.3 Å². The molecular weight excluding hydrogens is 302 g/mol. The lowest BCUT2D eigenvalue weighted by atomic mass is 10.2. The molecule has 0 amide bonds. The minimum Gasteiger partial charge on any atom is -0.493 e. The summed E-state index contributed by atoms with van der Waals surface area (Å²) in [6.07, 6.45) is 0.146. The Balaban J connectivity index is 2.58. The molecule has 0 heterocycles. The van der Waals surface area contributed by atoms with Gasteiger partial charge in [0, 0.05) is 0 Å². The molecule has 2 atom stereocenters. The maximum absolute atomic E-state index is 11.5. The summed E-state index contributed by atoms with van der Waals surface area (Å²) < 4.78 is 15.4. The van der Waals surface area contributed by atoms with Gasteiger partial charge in [0.15, 0.2) is 11.5 Å². The van der Waals surface area contributed by atoms with Gasteiger partial charge in [0.05, 0.1) is 26.4 Å². The first kappa shape index (κ1) is 19.2. The van der Waals surface area contributed by atoms with E-state index in [-0.39, 0.29) is 19.3 Å². The van der Waals surface area contributed by atoms with E-state index in [4.69, 9.17) is 14.6 Å². The Kier molecular flexibility index (Phi) is 8.39. The topological polar surface area (TPSA) is 102 Å². The van der Waals surface area contributed by atoms with Gasteiger partial charge in [-0.1, -0.05) is 6.92 Å². The minimum absolute atomic E-state index is 0.0763. The van der Waals surface area contributed by atoms with Crippen molar-refractivity contribution < 1.29 is 34.5 Å². The Morgan fingerprint density at radius 1 is 1.30 bits per heavy atom. The van der Waals surface area contributed by atoms with Crippen LogP contribution in [-0.2, 0) is 4.74 Å². The monoisotopic (exact) mass is 328 g/mol. The quantitative estimate of drug-likeness (QED) is 0.503. The predicted molar refractivity (Wildman–Crippen MR) is 83.8 cm³/mol. The van der Waals surface area contributed by atoms with Crippen LogP contribution in [-0.4, -0.2) is 62.3 Å². The fraction of sp³-hybridized carbons (Fsp3) is 0.562. The molecule has 0 saturated carbocycles. The molecule has 1 rings (SSSR count). The zero-order valence-corrected chi connectivity index (χ0v) is 13.8. The molecule has 0 aromatic heterocycles. The number of nitrogens with two attached hydrogens (primary N) is 1. The Morgan fingerprint density at radius 2 is 2.04 bits per heavy atom. The Morgan fingerprint density at radius 3 is 2.61 bits per heavy atom. The second-order valence-corrected chi connectivity index (χ2v) is 5.14. The van der Waals surface area contributed by atoms with Crippen molar-refractivity contribution in [3.63, 3.8) is 0 Å². The van der Waals surface area contributed by atoms with E-state index in [0.717, 1.165) is 6.42 Å². The number of aliphatic hydroxyl groups is 2. The number of carbonyl (C=O) groups is 1. The number of ether oxygens (including phenoxy) is 3. The maximum atomic E-state index is 11.5. The number of carbonyl (C=O) groups excluding carboxylic acids is 1. The van der Waals surface area contributed by atoms with Crippen LogP contribution in [0, 0.1) is 0 Å². The van der Waals surface area contributed by atoms with Gasteiger partial charge in [-0.3, -0.25) is 0 Å². The molecule has 0 fully saturated rings. The molecule has 130 valence electrons. The molecule has 1 aromatic rings. The largest absolute Gasteiger partial charge is 0.493 e. The molecule has 0 saturated heterocycles. The highest BCUT2D eigenvalue weighted by Gasteiger charge is 2.15. The highest BCUT2D eigenvalue weighted by atomic mass is 16.5. The molecule has 23 heavy (non-hydrogen) atoms. The van der Waals surface area contributed by atoms with Crippen molar-refractivity contribution in [1.29, 1.82) is 0 Å². The molecule has 0 aliphatic heterocycles. The number of hydrogen-bond donors (Lipinski definition) is 3. The Labute approximate surface area is 136 Å². The van der Waals surface area contributed by atoms with Crippen LogP contribution < -0.4 is 14.8 Å². The van der Waals surface area contributed by atoms with Gasteiger partial charge < -0.3 is 29.7 Å². The molecule has 0 bridgehead atoms. The molecule has 0 radical (unpaired) electrons. The Bertz CT molecular complexity index is 489. The van der Waals surface area contributed by atoms with Crippen LogP contribution in [0.15, 0.2) is 18.2 Å². The standard InChI is InChI=1S/C16H25NO6/c1-4-12(9-18)17-8-13(19)10-23-14-6-5-11(16(20)22-3)7-15(14)21-2/h5-7,12-13,17-19H,4,8-10H2,1-3H3/p+1/t12-,13+/m0/s1. The van der Waals surface area contributed by atoms with Gasteiger partial charge in [-0.15, -0.1) is 0 Å². The van der Waals surface area contributed by atoms with Gasteiger partial charge in [-0.2, -0.15) is 0 Å². The lowest BCUT2D eigenvalue weighted by molar-refractivity contribution is -0.696. The average Bonchev–Trinajstić information content (AvgIpc) is 2.59. The van der Waals surface area contributed by atoms with Gasteiger partial charge in [0.2, 0.25) is 0 Å². The Hall–Kier alpha value is -1.83. The molecular formula is C16H26NO6+. The molecule has 0 unspecified atom stereocenters. The third-order valence-corrected chi connectivity index (χ3v) is 3.52. The van der Waals surface area contributed by atoms with Crippen LogP contribution >= 0.6 is 0 Å². The van der Waals surface area contributed by atoms with E-state index in [2.05, 4.69) is 4.74 Å². The van der Waals surface area contributed by atoms with E-state index in [0.29, 0.717) is 23.6 Å². The van der Waals surface area contributed by atoms with E-state index < -0.39 is 12.1 Å². The zero-order chi connectivity index (χ0) is 17.2. The van der Waals surface area contributed by atoms with Gasteiger partial charge >= 0.3 is 5.97 Å². The highest BCUT2D eigenvalue weighted by Crippen LogP contribution is 2.28. The predicted octanol–water partition coefficient (Wildman–Crippen LogP) is -0.444. The van der Waals surface area contributed by atoms with Gasteiger partial charge in [0.25, 0.3) is 0 Å². The summed E-state index contributed by atoms with van der Waals surface area (Å²) >= 11 is 0. The number of aliphatic hydroxyl groups excluding tert-OH is 2. The third-order valence-electron chi connectivity index (χ3n) is 3.52. The molecule has 0 aliphatic carbocycles. The summed E-state index contributed by atoms with van der Waals surface area (Å²) in [5.74, 6) is 0.373. The van der Waals surface area contributed by atoms with Gasteiger partial charge in [-0.25, -0.2) is 4.79 Å². The smallest absolute Gasteiger partial charge is 0.337 e. The summed E-state index contributed by atoms with van der Waals surface area (Å²) in [5, 5.41) is 20.9. The van der Waals surface area contributed by atoms with Crippen LogP contribution in [0.4, 0.5) is 0 Å². The average molecular weight is 328 g/mol. The number of quaternary nitrogens is 1. The van der Waals surface area contributed by atoms with Crippen LogP contribution in [0.5, 0.6) is 11.5 Å². The number of methoxy groups -OCH3 is 2. The van der Waals surface area contributed by atoms with Crippen molar-refractivity contribution in [2.75, 3.05) is 34.0 Å². The molecule has 0 spiro atoms. The van der Waals surface area contributed by atoms with Crippen molar-refractivity contribution in [1.82, 2.24) is 0 Å².